The first-order valence-corrected chi connectivity index (χ1v) is 9.63. The van der Waals surface area contributed by atoms with E-state index >= 15 is 0 Å². The van der Waals surface area contributed by atoms with Crippen LogP contribution in [0.25, 0.3) is 0 Å². The van der Waals surface area contributed by atoms with Crippen LogP contribution in [0.2, 0.25) is 0 Å². The molecule has 0 aromatic carbocycles. The molecule has 2 saturated carbocycles. The normalized spacial score (nSPS) is 29.0. The van der Waals surface area contributed by atoms with Crippen LogP contribution in [0, 0.1) is 5.92 Å². The number of aliphatic hydroxyl groups is 1. The van der Waals surface area contributed by atoms with Gasteiger partial charge in [-0.25, -0.2) is 4.98 Å². The van der Waals surface area contributed by atoms with Crippen LogP contribution in [0.4, 0.5) is 0 Å². The third-order valence-corrected chi connectivity index (χ3v) is 6.68. The smallest absolute Gasteiger partial charge is 0.110 e. The minimum Gasteiger partial charge on any atom is -0.394 e. The predicted octanol–water partition coefficient (Wildman–Crippen LogP) is 3.61. The minimum absolute atomic E-state index is 0.0108. The maximum atomic E-state index is 9.93. The van der Waals surface area contributed by atoms with Crippen molar-refractivity contribution < 1.29 is 5.11 Å². The van der Waals surface area contributed by atoms with Crippen molar-refractivity contribution in [2.24, 2.45) is 5.92 Å². The van der Waals surface area contributed by atoms with Gasteiger partial charge in [-0.15, -0.1) is 11.8 Å². The van der Waals surface area contributed by atoms with Gasteiger partial charge in [0, 0.05) is 22.3 Å². The van der Waals surface area contributed by atoms with E-state index in [-0.39, 0.29) is 12.1 Å². The van der Waals surface area contributed by atoms with E-state index in [1.165, 1.54) is 25.7 Å². The van der Waals surface area contributed by atoms with Gasteiger partial charge < -0.3 is 10.4 Å². The summed E-state index contributed by atoms with van der Waals surface area (Å²) in [5.74, 6) is 1.66. The summed E-state index contributed by atoms with van der Waals surface area (Å²) in [6.45, 7) is 0.284. The van der Waals surface area contributed by atoms with Crippen molar-refractivity contribution in [2.45, 2.75) is 55.1 Å². The lowest BCUT2D eigenvalue weighted by Crippen LogP contribution is -2.52. The van der Waals surface area contributed by atoms with Gasteiger partial charge in [0.05, 0.1) is 6.61 Å². The lowest BCUT2D eigenvalue weighted by molar-refractivity contribution is 0.120. The number of aromatic nitrogens is 1. The van der Waals surface area contributed by atoms with Gasteiger partial charge in [-0.2, -0.15) is 0 Å². The van der Waals surface area contributed by atoms with Crippen molar-refractivity contribution in [3.8, 4) is 0 Å². The molecule has 0 radical (unpaired) electrons. The van der Waals surface area contributed by atoms with Gasteiger partial charge in [-0.3, -0.25) is 0 Å². The molecule has 21 heavy (non-hydrogen) atoms. The highest BCUT2D eigenvalue weighted by Gasteiger charge is 2.44. The Balaban J connectivity index is 1.55. The maximum absolute atomic E-state index is 9.93. The van der Waals surface area contributed by atoms with Gasteiger partial charge in [0.1, 0.15) is 5.03 Å². The molecule has 2 fully saturated rings. The number of rotatable bonds is 7. The summed E-state index contributed by atoms with van der Waals surface area (Å²) in [5, 5.41) is 14.7. The van der Waals surface area contributed by atoms with Crippen LogP contribution in [0.5, 0.6) is 0 Å². The standard InChI is InChI=1S/C16H23BrN2OS/c17-14-4-2-9-18-15(14)21-10-7-12-3-1-8-16(12,11-20)19-13-5-6-13/h2,4,9,12-13,19-20H,1,3,5-8,10-11H2. The summed E-state index contributed by atoms with van der Waals surface area (Å²) in [6.07, 6.45) is 9.16. The van der Waals surface area contributed by atoms with Crippen LogP contribution in [-0.4, -0.2) is 34.0 Å². The molecule has 2 N–H and O–H groups in total. The molecule has 1 aromatic rings. The lowest BCUT2D eigenvalue weighted by Gasteiger charge is -2.35. The summed E-state index contributed by atoms with van der Waals surface area (Å²) in [7, 11) is 0. The van der Waals surface area contributed by atoms with E-state index in [0.717, 1.165) is 28.1 Å². The molecule has 2 atom stereocenters. The first kappa shape index (κ1) is 15.8. The third-order valence-electron chi connectivity index (χ3n) is 4.74. The highest BCUT2D eigenvalue weighted by atomic mass is 79.9. The van der Waals surface area contributed by atoms with E-state index in [2.05, 4.69) is 26.2 Å². The van der Waals surface area contributed by atoms with Crippen LogP contribution < -0.4 is 5.32 Å². The molecule has 0 aliphatic heterocycles. The molecule has 2 unspecified atom stereocenters. The Bertz CT molecular complexity index is 483. The fourth-order valence-electron chi connectivity index (χ4n) is 3.42. The first-order valence-electron chi connectivity index (χ1n) is 7.85. The quantitative estimate of drug-likeness (QED) is 0.719. The summed E-state index contributed by atoms with van der Waals surface area (Å²) < 4.78 is 1.07. The molecule has 0 bridgehead atoms. The van der Waals surface area contributed by atoms with E-state index in [4.69, 9.17) is 0 Å². The van der Waals surface area contributed by atoms with Crippen LogP contribution in [0.3, 0.4) is 0 Å². The minimum atomic E-state index is -0.0108. The summed E-state index contributed by atoms with van der Waals surface area (Å²) in [6, 6.07) is 4.65. The van der Waals surface area contributed by atoms with Crippen molar-refractivity contribution >= 4 is 27.7 Å². The molecule has 0 saturated heterocycles. The number of aliphatic hydroxyl groups excluding tert-OH is 1. The highest BCUT2D eigenvalue weighted by Crippen LogP contribution is 2.41. The zero-order valence-electron chi connectivity index (χ0n) is 12.2. The molecule has 0 spiro atoms. The number of thioether (sulfide) groups is 1. The molecule has 5 heteroatoms. The Kier molecular flexibility index (Phi) is 5.25. The van der Waals surface area contributed by atoms with E-state index < -0.39 is 0 Å². The van der Waals surface area contributed by atoms with Crippen molar-refractivity contribution in [3.05, 3.63) is 22.8 Å². The van der Waals surface area contributed by atoms with Crippen LogP contribution in [0.15, 0.2) is 27.8 Å². The molecule has 3 rings (SSSR count). The molecule has 2 aliphatic rings. The second-order valence-corrected chi connectivity index (χ2v) is 8.19. The molecular formula is C16H23BrN2OS. The van der Waals surface area contributed by atoms with Gasteiger partial charge in [-0.1, -0.05) is 6.42 Å². The number of nitrogens with one attached hydrogen (secondary N) is 1. The number of halogens is 1. The fourth-order valence-corrected chi connectivity index (χ4v) is 4.95. The first-order chi connectivity index (χ1) is 10.2. The number of hydrogen-bond acceptors (Lipinski definition) is 4. The van der Waals surface area contributed by atoms with Crippen LogP contribution in [0.1, 0.15) is 38.5 Å². The predicted molar refractivity (Wildman–Crippen MR) is 90.6 cm³/mol. The topological polar surface area (TPSA) is 45.1 Å². The second-order valence-electron chi connectivity index (χ2n) is 6.25. The Labute approximate surface area is 139 Å². The van der Waals surface area contributed by atoms with Gasteiger partial charge in [0.25, 0.3) is 0 Å². The molecule has 2 aliphatic carbocycles. The SMILES string of the molecule is OCC1(NC2CC2)CCCC1CCSc1ncccc1Br. The van der Waals surface area contributed by atoms with Crippen LogP contribution in [-0.2, 0) is 0 Å². The van der Waals surface area contributed by atoms with Gasteiger partial charge >= 0.3 is 0 Å². The highest BCUT2D eigenvalue weighted by molar-refractivity contribution is 9.10. The lowest BCUT2D eigenvalue weighted by atomic mass is 9.85. The second kappa shape index (κ2) is 6.99. The molecule has 0 amide bonds. The molecular weight excluding hydrogens is 348 g/mol. The van der Waals surface area contributed by atoms with Crippen molar-refractivity contribution in [2.75, 3.05) is 12.4 Å². The van der Waals surface area contributed by atoms with E-state index in [0.29, 0.717) is 12.0 Å². The largest absolute Gasteiger partial charge is 0.394 e. The Morgan fingerprint density at radius 1 is 1.43 bits per heavy atom. The Morgan fingerprint density at radius 2 is 2.29 bits per heavy atom. The number of hydrogen-bond donors (Lipinski definition) is 2. The maximum Gasteiger partial charge on any atom is 0.110 e. The average molecular weight is 371 g/mol. The monoisotopic (exact) mass is 370 g/mol. The third kappa shape index (κ3) is 3.81. The molecule has 3 nitrogen and oxygen atoms in total. The van der Waals surface area contributed by atoms with Gasteiger partial charge in [-0.05, 0) is 71.8 Å². The van der Waals surface area contributed by atoms with Crippen molar-refractivity contribution in [3.63, 3.8) is 0 Å². The zero-order chi connectivity index (χ0) is 14.7. The van der Waals surface area contributed by atoms with Crippen molar-refractivity contribution in [1.29, 1.82) is 0 Å². The van der Waals surface area contributed by atoms with Crippen LogP contribution >= 0.6 is 27.7 Å². The Hall–Kier alpha value is -0.100. The number of pyridine rings is 1. The molecule has 1 heterocycles. The van der Waals surface area contributed by atoms with Crippen molar-refractivity contribution in [1.82, 2.24) is 10.3 Å². The average Bonchev–Trinajstić information content (AvgIpc) is 3.21. The van der Waals surface area contributed by atoms with E-state index in [1.807, 2.05) is 30.1 Å². The Morgan fingerprint density at radius 3 is 3.00 bits per heavy atom. The number of nitrogens with zero attached hydrogens (tertiary/aromatic N) is 1. The van der Waals surface area contributed by atoms with Gasteiger partial charge in [0.2, 0.25) is 0 Å². The summed E-state index contributed by atoms with van der Waals surface area (Å²) >= 11 is 5.36. The van der Waals surface area contributed by atoms with Gasteiger partial charge in [0.15, 0.2) is 0 Å². The van der Waals surface area contributed by atoms with E-state index in [1.54, 1.807) is 0 Å². The molecule has 116 valence electrons. The van der Waals surface area contributed by atoms with E-state index in [9.17, 15) is 5.11 Å². The zero-order valence-corrected chi connectivity index (χ0v) is 14.6. The summed E-state index contributed by atoms with van der Waals surface area (Å²) in [5.41, 5.74) is -0.0108. The molecule has 1 aromatic heterocycles. The summed E-state index contributed by atoms with van der Waals surface area (Å²) in [4.78, 5) is 4.41. The fraction of sp³-hybridized carbons (Fsp3) is 0.688.